The quantitative estimate of drug-likeness (QED) is 0.527. The molecule has 0 atom stereocenters. The molecule has 19 heavy (non-hydrogen) atoms. The highest BCUT2D eigenvalue weighted by atomic mass is 35.5. The normalized spacial score (nSPS) is 10.3. The van der Waals surface area contributed by atoms with E-state index in [0.29, 0.717) is 5.56 Å². The van der Waals surface area contributed by atoms with Crippen molar-refractivity contribution in [3.8, 4) is 0 Å². The van der Waals surface area contributed by atoms with Gasteiger partial charge in [-0.3, -0.25) is 10.1 Å². The van der Waals surface area contributed by atoms with E-state index in [1.54, 1.807) is 19.1 Å². The third-order valence-electron chi connectivity index (χ3n) is 2.48. The van der Waals surface area contributed by atoms with Crippen molar-refractivity contribution in [1.82, 2.24) is 4.98 Å². The minimum absolute atomic E-state index is 0.0844. The monoisotopic (exact) mass is 281 g/mol. The van der Waals surface area contributed by atoms with E-state index in [9.17, 15) is 14.5 Å². The number of nitrogens with one attached hydrogen (secondary N) is 1. The average Bonchev–Trinajstić information content (AvgIpc) is 2.35. The number of rotatable bonds is 3. The summed E-state index contributed by atoms with van der Waals surface area (Å²) in [6.45, 7) is 1.60. The van der Waals surface area contributed by atoms with E-state index in [0.717, 1.165) is 0 Å². The predicted molar refractivity (Wildman–Crippen MR) is 70.3 cm³/mol. The van der Waals surface area contributed by atoms with Crippen molar-refractivity contribution in [2.45, 2.75) is 6.92 Å². The Hall–Kier alpha value is -2.21. The van der Waals surface area contributed by atoms with Crippen molar-refractivity contribution in [3.63, 3.8) is 0 Å². The molecule has 0 saturated carbocycles. The van der Waals surface area contributed by atoms with Gasteiger partial charge in [-0.2, -0.15) is 0 Å². The van der Waals surface area contributed by atoms with E-state index in [1.807, 2.05) is 0 Å². The van der Waals surface area contributed by atoms with Crippen LogP contribution in [0.3, 0.4) is 0 Å². The Morgan fingerprint density at radius 1 is 1.37 bits per heavy atom. The molecule has 0 aliphatic rings. The summed E-state index contributed by atoms with van der Waals surface area (Å²) < 4.78 is 13.8. The molecule has 0 unspecified atom stereocenters. The highest BCUT2D eigenvalue weighted by molar-refractivity contribution is 6.29. The summed E-state index contributed by atoms with van der Waals surface area (Å²) in [6.07, 6.45) is 0. The molecule has 0 saturated heterocycles. The first kappa shape index (κ1) is 13.2. The number of benzene rings is 1. The second kappa shape index (κ2) is 5.19. The van der Waals surface area contributed by atoms with Gasteiger partial charge in [-0.25, -0.2) is 9.37 Å². The third-order valence-corrected chi connectivity index (χ3v) is 2.69. The third kappa shape index (κ3) is 2.79. The largest absolute Gasteiger partial charge is 0.332 e. The number of aryl methyl sites for hydroxylation is 1. The molecule has 0 radical (unpaired) electrons. The minimum Gasteiger partial charge on any atom is -0.332 e. The number of aromatic nitrogens is 1. The van der Waals surface area contributed by atoms with Gasteiger partial charge in [-0.05, 0) is 24.6 Å². The Morgan fingerprint density at radius 3 is 2.79 bits per heavy atom. The molecule has 7 heteroatoms. The van der Waals surface area contributed by atoms with Crippen molar-refractivity contribution >= 4 is 28.8 Å². The van der Waals surface area contributed by atoms with Crippen molar-refractivity contribution in [3.05, 3.63) is 57.0 Å². The summed E-state index contributed by atoms with van der Waals surface area (Å²) in [5.41, 5.74) is 0.262. The Balaban J connectivity index is 2.45. The standard InChI is InChI=1S/C12H9ClFN3O2/c1-7-3-2-4-8(11(7)14)15-12-9(17(18)19)5-6-10(13)16-12/h2-6H,1H3,(H,15,16). The number of nitrogens with zero attached hydrogens (tertiary/aromatic N) is 2. The number of anilines is 2. The Bertz CT molecular complexity index is 649. The highest BCUT2D eigenvalue weighted by Crippen LogP contribution is 2.28. The zero-order valence-corrected chi connectivity index (χ0v) is 10.6. The van der Waals surface area contributed by atoms with Crippen LogP contribution in [0.15, 0.2) is 30.3 Å². The molecule has 1 aromatic carbocycles. The van der Waals surface area contributed by atoms with Gasteiger partial charge in [0.05, 0.1) is 10.6 Å². The van der Waals surface area contributed by atoms with Crippen LogP contribution in [-0.4, -0.2) is 9.91 Å². The summed E-state index contributed by atoms with van der Waals surface area (Å²) in [7, 11) is 0. The molecule has 0 amide bonds. The summed E-state index contributed by atoms with van der Waals surface area (Å²) >= 11 is 5.69. The Morgan fingerprint density at radius 2 is 2.11 bits per heavy atom. The van der Waals surface area contributed by atoms with Crippen molar-refractivity contribution < 1.29 is 9.31 Å². The van der Waals surface area contributed by atoms with E-state index in [2.05, 4.69) is 10.3 Å². The van der Waals surface area contributed by atoms with Crippen LogP contribution in [0.5, 0.6) is 0 Å². The van der Waals surface area contributed by atoms with Gasteiger partial charge < -0.3 is 5.32 Å². The molecule has 0 fully saturated rings. The fourth-order valence-corrected chi connectivity index (χ4v) is 1.69. The van der Waals surface area contributed by atoms with E-state index < -0.39 is 10.7 Å². The summed E-state index contributed by atoms with van der Waals surface area (Å²) in [4.78, 5) is 14.1. The number of hydrogen-bond acceptors (Lipinski definition) is 4. The molecule has 2 aromatic rings. The van der Waals surface area contributed by atoms with Gasteiger partial charge in [-0.15, -0.1) is 0 Å². The van der Waals surface area contributed by atoms with E-state index in [-0.39, 0.29) is 22.3 Å². The Kier molecular flexibility index (Phi) is 3.62. The maximum Gasteiger partial charge on any atom is 0.311 e. The molecule has 0 bridgehead atoms. The second-order valence-electron chi connectivity index (χ2n) is 3.82. The van der Waals surface area contributed by atoms with Gasteiger partial charge in [0.1, 0.15) is 11.0 Å². The highest BCUT2D eigenvalue weighted by Gasteiger charge is 2.17. The first-order valence-corrected chi connectivity index (χ1v) is 5.70. The second-order valence-corrected chi connectivity index (χ2v) is 4.21. The van der Waals surface area contributed by atoms with Crippen LogP contribution in [0.2, 0.25) is 5.15 Å². The van der Waals surface area contributed by atoms with Gasteiger partial charge in [0.25, 0.3) is 0 Å². The lowest BCUT2D eigenvalue weighted by atomic mass is 10.2. The lowest BCUT2D eigenvalue weighted by Crippen LogP contribution is -2.02. The molecule has 1 heterocycles. The maximum absolute atomic E-state index is 13.8. The van der Waals surface area contributed by atoms with Crippen LogP contribution in [-0.2, 0) is 0 Å². The maximum atomic E-state index is 13.8. The average molecular weight is 282 g/mol. The molecule has 0 aliphatic heterocycles. The zero-order chi connectivity index (χ0) is 14.0. The van der Waals surface area contributed by atoms with Crippen molar-refractivity contribution in [1.29, 1.82) is 0 Å². The SMILES string of the molecule is Cc1cccc(Nc2nc(Cl)ccc2[N+](=O)[O-])c1F. The lowest BCUT2D eigenvalue weighted by Gasteiger charge is -2.08. The number of nitro groups is 1. The van der Waals surface area contributed by atoms with Gasteiger partial charge >= 0.3 is 5.69 Å². The smallest absolute Gasteiger partial charge is 0.311 e. The number of halogens is 2. The number of pyridine rings is 1. The fourth-order valence-electron chi connectivity index (χ4n) is 1.54. The predicted octanol–water partition coefficient (Wildman–Crippen LogP) is 3.83. The topological polar surface area (TPSA) is 68.1 Å². The van der Waals surface area contributed by atoms with Gasteiger partial charge in [0, 0.05) is 6.07 Å². The van der Waals surface area contributed by atoms with E-state index in [1.165, 1.54) is 18.2 Å². The van der Waals surface area contributed by atoms with Gasteiger partial charge in [0.15, 0.2) is 0 Å². The first-order valence-electron chi connectivity index (χ1n) is 5.32. The molecule has 1 aromatic heterocycles. The Labute approximate surface area is 113 Å². The van der Waals surface area contributed by atoms with Gasteiger partial charge in [-0.1, -0.05) is 23.7 Å². The van der Waals surface area contributed by atoms with Crippen LogP contribution in [0.25, 0.3) is 0 Å². The van der Waals surface area contributed by atoms with Crippen molar-refractivity contribution in [2.75, 3.05) is 5.32 Å². The zero-order valence-electron chi connectivity index (χ0n) is 9.85. The van der Waals surface area contributed by atoms with Crippen LogP contribution in [0.4, 0.5) is 21.6 Å². The van der Waals surface area contributed by atoms with Crippen LogP contribution < -0.4 is 5.32 Å². The molecule has 0 aliphatic carbocycles. The van der Waals surface area contributed by atoms with E-state index in [4.69, 9.17) is 11.6 Å². The summed E-state index contributed by atoms with van der Waals surface area (Å²) in [5.74, 6) is -0.583. The molecule has 2 rings (SSSR count). The summed E-state index contributed by atoms with van der Waals surface area (Å²) in [5, 5.41) is 13.5. The fraction of sp³-hybridized carbons (Fsp3) is 0.0833. The first-order chi connectivity index (χ1) is 8.99. The molecule has 0 spiro atoms. The molecule has 5 nitrogen and oxygen atoms in total. The minimum atomic E-state index is -0.612. The number of hydrogen-bond donors (Lipinski definition) is 1. The van der Waals surface area contributed by atoms with Crippen LogP contribution in [0.1, 0.15) is 5.56 Å². The molecule has 98 valence electrons. The molecular formula is C12H9ClFN3O2. The lowest BCUT2D eigenvalue weighted by molar-refractivity contribution is -0.384. The molecular weight excluding hydrogens is 273 g/mol. The summed E-state index contributed by atoms with van der Waals surface area (Å²) in [6, 6.07) is 7.22. The van der Waals surface area contributed by atoms with Crippen LogP contribution in [0, 0.1) is 22.9 Å². The van der Waals surface area contributed by atoms with Crippen LogP contribution >= 0.6 is 11.6 Å². The molecule has 1 N–H and O–H groups in total. The van der Waals surface area contributed by atoms with Gasteiger partial charge in [0.2, 0.25) is 5.82 Å². The van der Waals surface area contributed by atoms with Crippen molar-refractivity contribution in [2.24, 2.45) is 0 Å². The van der Waals surface area contributed by atoms with E-state index >= 15 is 0 Å².